The van der Waals surface area contributed by atoms with E-state index in [1.807, 2.05) is 32.9 Å². The molecule has 2 atom stereocenters. The Labute approximate surface area is 212 Å². The smallest absolute Gasteiger partial charge is 0.353 e. The van der Waals surface area contributed by atoms with Crippen molar-refractivity contribution in [3.8, 4) is 0 Å². The Hall–Kier alpha value is -0.890. The monoisotopic (exact) mass is 535 g/mol. The molecule has 0 aromatic heterocycles. The highest BCUT2D eigenvalue weighted by molar-refractivity contribution is 7.48. The summed E-state index contributed by atoms with van der Waals surface area (Å²) in [7, 11) is -5.41. The molecule has 0 radical (unpaired) electrons. The van der Waals surface area contributed by atoms with E-state index in [4.69, 9.17) is 27.1 Å². The van der Waals surface area contributed by atoms with Gasteiger partial charge in [0, 0.05) is 6.54 Å². The summed E-state index contributed by atoms with van der Waals surface area (Å²) >= 11 is 0. The molecule has 0 saturated carbocycles. The van der Waals surface area contributed by atoms with Crippen LogP contribution in [0.25, 0.3) is 0 Å². The number of carbonyl (C=O) groups is 1. The van der Waals surface area contributed by atoms with Crippen LogP contribution in [0.3, 0.4) is 0 Å². The van der Waals surface area contributed by atoms with Crippen LogP contribution in [0.15, 0.2) is 24.3 Å². The van der Waals surface area contributed by atoms with Crippen molar-refractivity contribution in [1.82, 2.24) is 5.32 Å². The van der Waals surface area contributed by atoms with E-state index in [1.54, 1.807) is 13.8 Å². The zero-order valence-corrected chi connectivity index (χ0v) is 23.9. The van der Waals surface area contributed by atoms with E-state index in [-0.39, 0.29) is 38.2 Å². The van der Waals surface area contributed by atoms with Gasteiger partial charge in [-0.3, -0.25) is 18.4 Å². The van der Waals surface area contributed by atoms with Crippen LogP contribution in [0.5, 0.6) is 0 Å². The maximum atomic E-state index is 12.9. The fourth-order valence-corrected chi connectivity index (χ4v) is 5.29. The molecule has 0 saturated heterocycles. The molecule has 0 aliphatic rings. The highest BCUT2D eigenvalue weighted by atomic mass is 31.2. The number of hydrogen-bond acceptors (Lipinski definition) is 8. The molecular weight excluding hydrogens is 492 g/mol. The Morgan fingerprint density at radius 1 is 0.914 bits per heavy atom. The lowest BCUT2D eigenvalue weighted by Crippen LogP contribution is -2.37. The summed E-state index contributed by atoms with van der Waals surface area (Å²) in [5, 5.41) is 2.90. The van der Waals surface area contributed by atoms with Gasteiger partial charge in [-0.25, -0.2) is 4.57 Å². The highest BCUT2D eigenvalue weighted by Crippen LogP contribution is 2.50. The van der Waals surface area contributed by atoms with Crippen molar-refractivity contribution in [3.63, 3.8) is 0 Å². The third kappa shape index (κ3) is 12.8. The van der Waals surface area contributed by atoms with Gasteiger partial charge in [0.1, 0.15) is 6.10 Å². The molecule has 0 fully saturated rings. The zero-order chi connectivity index (χ0) is 26.3. The molecular formula is C24H43NO8P2. The molecule has 1 aromatic carbocycles. The van der Waals surface area contributed by atoms with Crippen LogP contribution in [-0.2, 0) is 42.9 Å². The molecule has 202 valence electrons. The molecule has 0 aliphatic heterocycles. The van der Waals surface area contributed by atoms with Crippen LogP contribution < -0.4 is 5.32 Å². The standard InChI is InChI=1S/C24H43NO8P2/c1-8-28-34(29-9-2)33-23(18-32-35(27,30-10-3)31-11-4)17-25-24(26)20(7)22-14-12-21(13-15-22)16-19(5)6/h12-15,19-20,23H,8-11,16-18H2,1-7H3,(H,25,26). The Bertz CT molecular complexity index is 746. The van der Waals surface area contributed by atoms with Crippen molar-refractivity contribution in [2.24, 2.45) is 5.92 Å². The zero-order valence-electron chi connectivity index (χ0n) is 22.2. The third-order valence-electron chi connectivity index (χ3n) is 4.72. The first-order valence-corrected chi connectivity index (χ1v) is 14.9. The van der Waals surface area contributed by atoms with Crippen LogP contribution in [0.1, 0.15) is 65.5 Å². The maximum absolute atomic E-state index is 12.9. The van der Waals surface area contributed by atoms with Crippen LogP contribution in [0, 0.1) is 5.92 Å². The normalized spacial score (nSPS) is 13.9. The Balaban J connectivity index is 2.84. The first-order valence-electron chi connectivity index (χ1n) is 12.3. The van der Waals surface area contributed by atoms with Crippen molar-refractivity contribution < 1.29 is 36.5 Å². The molecule has 1 rings (SSSR count). The van der Waals surface area contributed by atoms with Crippen LogP contribution >= 0.6 is 16.4 Å². The molecule has 0 bridgehead atoms. The van der Waals surface area contributed by atoms with Crippen molar-refractivity contribution >= 4 is 22.3 Å². The number of hydrogen-bond donors (Lipinski definition) is 1. The minimum absolute atomic E-state index is 0.103. The van der Waals surface area contributed by atoms with Gasteiger partial charge in [-0.2, -0.15) is 0 Å². The fourth-order valence-electron chi connectivity index (χ4n) is 3.09. The minimum atomic E-state index is -3.74. The highest BCUT2D eigenvalue weighted by Gasteiger charge is 2.29. The van der Waals surface area contributed by atoms with E-state index in [0.717, 1.165) is 12.0 Å². The molecule has 0 heterocycles. The third-order valence-corrected chi connectivity index (χ3v) is 7.74. The van der Waals surface area contributed by atoms with Gasteiger partial charge in [-0.1, -0.05) is 38.1 Å². The lowest BCUT2D eigenvalue weighted by molar-refractivity contribution is -0.122. The van der Waals surface area contributed by atoms with Crippen molar-refractivity contribution in [3.05, 3.63) is 35.4 Å². The number of carbonyl (C=O) groups excluding carboxylic acids is 1. The van der Waals surface area contributed by atoms with Gasteiger partial charge in [0.05, 0.1) is 39.0 Å². The lowest BCUT2D eigenvalue weighted by Gasteiger charge is -2.25. The van der Waals surface area contributed by atoms with E-state index in [2.05, 4.69) is 31.3 Å². The van der Waals surface area contributed by atoms with Gasteiger partial charge in [0.15, 0.2) is 0 Å². The molecule has 11 heteroatoms. The Morgan fingerprint density at radius 2 is 1.49 bits per heavy atom. The first-order chi connectivity index (χ1) is 16.7. The molecule has 1 amide bonds. The number of phosphoric acid groups is 1. The quantitative estimate of drug-likeness (QED) is 0.216. The predicted molar refractivity (Wildman–Crippen MR) is 138 cm³/mol. The summed E-state index contributed by atoms with van der Waals surface area (Å²) in [6, 6.07) is 8.11. The number of nitrogens with one attached hydrogen (secondary N) is 1. The van der Waals surface area contributed by atoms with Crippen LogP contribution in [0.4, 0.5) is 0 Å². The topological polar surface area (TPSA) is 102 Å². The summed E-state index contributed by atoms with van der Waals surface area (Å²) in [6.07, 6.45) is 0.300. The summed E-state index contributed by atoms with van der Waals surface area (Å²) in [5.74, 6) is 0.0495. The average molecular weight is 536 g/mol. The van der Waals surface area contributed by atoms with Crippen molar-refractivity contribution in [2.45, 2.75) is 66.9 Å². The second-order valence-electron chi connectivity index (χ2n) is 8.17. The van der Waals surface area contributed by atoms with Gasteiger partial charge in [-0.15, -0.1) is 0 Å². The van der Waals surface area contributed by atoms with Gasteiger partial charge < -0.3 is 18.9 Å². The van der Waals surface area contributed by atoms with E-state index in [1.165, 1.54) is 5.56 Å². The van der Waals surface area contributed by atoms with E-state index < -0.39 is 22.5 Å². The fraction of sp³-hybridized carbons (Fsp3) is 0.708. The molecule has 9 nitrogen and oxygen atoms in total. The minimum Gasteiger partial charge on any atom is -0.353 e. The second kappa shape index (κ2) is 17.5. The summed E-state index contributed by atoms with van der Waals surface area (Å²) in [6.45, 7) is 14.3. The first kappa shape index (κ1) is 32.1. The molecule has 35 heavy (non-hydrogen) atoms. The largest absolute Gasteiger partial charge is 0.474 e. The Kier molecular flexibility index (Phi) is 16.1. The number of phosphoric ester groups is 1. The summed E-state index contributed by atoms with van der Waals surface area (Å²) in [5.41, 5.74) is 2.17. The molecule has 1 aromatic rings. The molecule has 0 aliphatic carbocycles. The SMILES string of the molecule is CCOP(OCC)OC(CNC(=O)C(C)c1ccc(CC(C)C)cc1)COP(=O)(OCC)OCC. The van der Waals surface area contributed by atoms with E-state index in [0.29, 0.717) is 19.1 Å². The lowest BCUT2D eigenvalue weighted by atomic mass is 9.96. The number of amides is 1. The van der Waals surface area contributed by atoms with Crippen LogP contribution in [0.2, 0.25) is 0 Å². The average Bonchev–Trinajstić information content (AvgIpc) is 2.81. The maximum Gasteiger partial charge on any atom is 0.474 e. The number of rotatable bonds is 19. The van der Waals surface area contributed by atoms with Crippen molar-refractivity contribution in [2.75, 3.05) is 39.6 Å². The second-order valence-corrected chi connectivity index (χ2v) is 11.0. The number of benzene rings is 1. The Morgan fingerprint density at radius 3 is 1.97 bits per heavy atom. The predicted octanol–water partition coefficient (Wildman–Crippen LogP) is 5.99. The van der Waals surface area contributed by atoms with E-state index in [9.17, 15) is 9.36 Å². The van der Waals surface area contributed by atoms with Gasteiger partial charge in [-0.05, 0) is 58.1 Å². The summed E-state index contributed by atoms with van der Waals surface area (Å²) in [4.78, 5) is 12.9. The van der Waals surface area contributed by atoms with Crippen LogP contribution in [-0.4, -0.2) is 51.6 Å². The molecule has 1 N–H and O–H groups in total. The molecule has 2 unspecified atom stereocenters. The van der Waals surface area contributed by atoms with E-state index >= 15 is 0 Å². The van der Waals surface area contributed by atoms with Crippen molar-refractivity contribution in [1.29, 1.82) is 0 Å². The van der Waals surface area contributed by atoms with Gasteiger partial charge in [0.25, 0.3) is 0 Å². The molecule has 0 spiro atoms. The van der Waals surface area contributed by atoms with Gasteiger partial charge >= 0.3 is 16.4 Å². The summed E-state index contributed by atoms with van der Waals surface area (Å²) < 4.78 is 45.5. The van der Waals surface area contributed by atoms with Gasteiger partial charge in [0.2, 0.25) is 5.91 Å².